The Kier molecular flexibility index (Phi) is 9.99. The summed E-state index contributed by atoms with van der Waals surface area (Å²) >= 11 is 0. The molecule has 0 radical (unpaired) electrons. The van der Waals surface area contributed by atoms with Crippen molar-refractivity contribution < 1.29 is 4.79 Å². The SMILES string of the molecule is CC(C)CCN=C(N)NCCC(=O)N1CCCC1.I. The van der Waals surface area contributed by atoms with Crippen molar-refractivity contribution in [2.45, 2.75) is 39.5 Å². The first-order chi connectivity index (χ1) is 8.59. The van der Waals surface area contributed by atoms with E-state index in [0.29, 0.717) is 24.8 Å². The summed E-state index contributed by atoms with van der Waals surface area (Å²) in [6.45, 7) is 7.47. The first kappa shape index (κ1) is 18.5. The van der Waals surface area contributed by atoms with Crippen LogP contribution in [0, 0.1) is 5.92 Å². The van der Waals surface area contributed by atoms with Gasteiger partial charge in [0.05, 0.1) is 0 Å². The van der Waals surface area contributed by atoms with Crippen LogP contribution in [0.5, 0.6) is 0 Å². The van der Waals surface area contributed by atoms with Gasteiger partial charge in [0, 0.05) is 32.6 Å². The van der Waals surface area contributed by atoms with Gasteiger partial charge < -0.3 is 16.0 Å². The van der Waals surface area contributed by atoms with Gasteiger partial charge in [0.2, 0.25) is 5.91 Å². The average Bonchev–Trinajstić information content (AvgIpc) is 2.81. The quantitative estimate of drug-likeness (QED) is 0.416. The first-order valence-electron chi connectivity index (χ1n) is 6.91. The Morgan fingerprint density at radius 1 is 1.37 bits per heavy atom. The molecule has 1 amide bonds. The summed E-state index contributed by atoms with van der Waals surface area (Å²) in [6, 6.07) is 0. The molecule has 1 saturated heterocycles. The average molecular weight is 382 g/mol. The van der Waals surface area contributed by atoms with E-state index in [1.807, 2.05) is 4.90 Å². The van der Waals surface area contributed by atoms with E-state index in [9.17, 15) is 4.79 Å². The van der Waals surface area contributed by atoms with Crippen molar-refractivity contribution in [1.29, 1.82) is 0 Å². The predicted octanol–water partition coefficient (Wildman–Crippen LogP) is 1.57. The lowest BCUT2D eigenvalue weighted by Gasteiger charge is -2.15. The van der Waals surface area contributed by atoms with Gasteiger partial charge in [0.1, 0.15) is 0 Å². The van der Waals surface area contributed by atoms with Crippen LogP contribution in [0.2, 0.25) is 0 Å². The molecule has 0 aromatic heterocycles. The molecule has 1 rings (SSSR count). The Hall–Kier alpha value is -0.530. The zero-order chi connectivity index (χ0) is 13.4. The Bertz CT molecular complexity index is 288. The molecule has 0 aromatic rings. The fraction of sp³-hybridized carbons (Fsp3) is 0.846. The van der Waals surface area contributed by atoms with E-state index in [4.69, 9.17) is 5.73 Å². The fourth-order valence-corrected chi connectivity index (χ4v) is 1.92. The molecule has 0 bridgehead atoms. The number of carbonyl (C=O) groups excluding carboxylic acids is 1. The van der Waals surface area contributed by atoms with E-state index in [0.717, 1.165) is 38.9 Å². The number of hydrogen-bond donors (Lipinski definition) is 2. The van der Waals surface area contributed by atoms with Gasteiger partial charge in [0.25, 0.3) is 0 Å². The molecule has 1 heterocycles. The van der Waals surface area contributed by atoms with Gasteiger partial charge >= 0.3 is 0 Å². The summed E-state index contributed by atoms with van der Waals surface area (Å²) < 4.78 is 0. The van der Waals surface area contributed by atoms with E-state index in [1.165, 1.54) is 0 Å². The molecule has 6 heteroatoms. The van der Waals surface area contributed by atoms with E-state index >= 15 is 0 Å². The van der Waals surface area contributed by atoms with Gasteiger partial charge in [-0.3, -0.25) is 9.79 Å². The number of nitrogens with two attached hydrogens (primary N) is 1. The van der Waals surface area contributed by atoms with Crippen molar-refractivity contribution in [2.24, 2.45) is 16.6 Å². The number of amides is 1. The van der Waals surface area contributed by atoms with Gasteiger partial charge in [0.15, 0.2) is 5.96 Å². The Morgan fingerprint density at radius 3 is 2.58 bits per heavy atom. The minimum Gasteiger partial charge on any atom is -0.370 e. The van der Waals surface area contributed by atoms with Crippen molar-refractivity contribution in [2.75, 3.05) is 26.2 Å². The highest BCUT2D eigenvalue weighted by Gasteiger charge is 2.16. The number of nitrogens with zero attached hydrogens (tertiary/aromatic N) is 2. The third-order valence-electron chi connectivity index (χ3n) is 3.09. The lowest BCUT2D eigenvalue weighted by Crippen LogP contribution is -2.36. The minimum atomic E-state index is 0. The van der Waals surface area contributed by atoms with Crippen LogP contribution in [0.25, 0.3) is 0 Å². The smallest absolute Gasteiger partial charge is 0.224 e. The summed E-state index contributed by atoms with van der Waals surface area (Å²) in [4.78, 5) is 17.9. The van der Waals surface area contributed by atoms with Crippen molar-refractivity contribution >= 4 is 35.8 Å². The van der Waals surface area contributed by atoms with Gasteiger partial charge in [-0.25, -0.2) is 0 Å². The zero-order valence-electron chi connectivity index (χ0n) is 12.0. The molecule has 0 saturated carbocycles. The lowest BCUT2D eigenvalue weighted by atomic mass is 10.1. The highest BCUT2D eigenvalue weighted by molar-refractivity contribution is 14.0. The molecular weight excluding hydrogens is 355 g/mol. The van der Waals surface area contributed by atoms with Crippen molar-refractivity contribution in [3.8, 4) is 0 Å². The second-order valence-corrected chi connectivity index (χ2v) is 5.21. The third kappa shape index (κ3) is 8.28. The Labute approximate surface area is 133 Å². The monoisotopic (exact) mass is 382 g/mol. The number of aliphatic imine (C=N–C) groups is 1. The van der Waals surface area contributed by atoms with E-state index < -0.39 is 0 Å². The van der Waals surface area contributed by atoms with Crippen LogP contribution < -0.4 is 11.1 Å². The highest BCUT2D eigenvalue weighted by atomic mass is 127. The Balaban J connectivity index is 0.00000324. The normalized spacial score (nSPS) is 15.5. The summed E-state index contributed by atoms with van der Waals surface area (Å²) in [5.41, 5.74) is 5.71. The highest BCUT2D eigenvalue weighted by Crippen LogP contribution is 2.08. The molecule has 5 nitrogen and oxygen atoms in total. The molecule has 0 aromatic carbocycles. The predicted molar refractivity (Wildman–Crippen MR) is 89.8 cm³/mol. The molecular formula is C13H27IN4O. The number of carbonyl (C=O) groups is 1. The summed E-state index contributed by atoms with van der Waals surface area (Å²) in [7, 11) is 0. The van der Waals surface area contributed by atoms with Crippen LogP contribution in [-0.4, -0.2) is 42.9 Å². The zero-order valence-corrected chi connectivity index (χ0v) is 14.4. The number of hydrogen-bond acceptors (Lipinski definition) is 2. The van der Waals surface area contributed by atoms with Gasteiger partial charge in [-0.15, -0.1) is 24.0 Å². The minimum absolute atomic E-state index is 0. The maximum Gasteiger partial charge on any atom is 0.224 e. The molecule has 0 spiro atoms. The Morgan fingerprint density at radius 2 is 2.00 bits per heavy atom. The lowest BCUT2D eigenvalue weighted by molar-refractivity contribution is -0.129. The second-order valence-electron chi connectivity index (χ2n) is 5.21. The molecule has 3 N–H and O–H groups in total. The van der Waals surface area contributed by atoms with E-state index in [1.54, 1.807) is 0 Å². The third-order valence-corrected chi connectivity index (χ3v) is 3.09. The van der Waals surface area contributed by atoms with Crippen LogP contribution in [-0.2, 0) is 4.79 Å². The molecule has 0 unspecified atom stereocenters. The summed E-state index contributed by atoms with van der Waals surface area (Å²) in [6.07, 6.45) is 3.81. The number of likely N-dealkylation sites (tertiary alicyclic amines) is 1. The number of halogens is 1. The molecule has 1 aliphatic rings. The van der Waals surface area contributed by atoms with Crippen molar-refractivity contribution in [3.05, 3.63) is 0 Å². The maximum atomic E-state index is 11.7. The largest absolute Gasteiger partial charge is 0.370 e. The topological polar surface area (TPSA) is 70.7 Å². The van der Waals surface area contributed by atoms with Crippen LogP contribution in [0.4, 0.5) is 0 Å². The number of nitrogens with one attached hydrogen (secondary N) is 1. The van der Waals surface area contributed by atoms with E-state index in [-0.39, 0.29) is 29.9 Å². The fourth-order valence-electron chi connectivity index (χ4n) is 1.92. The number of guanidine groups is 1. The maximum absolute atomic E-state index is 11.7. The second kappa shape index (κ2) is 10.3. The van der Waals surface area contributed by atoms with Crippen LogP contribution >= 0.6 is 24.0 Å². The molecule has 0 atom stereocenters. The van der Waals surface area contributed by atoms with Crippen LogP contribution in [0.3, 0.4) is 0 Å². The van der Waals surface area contributed by atoms with Crippen LogP contribution in [0.15, 0.2) is 4.99 Å². The molecule has 19 heavy (non-hydrogen) atoms. The number of rotatable bonds is 6. The van der Waals surface area contributed by atoms with Crippen molar-refractivity contribution in [1.82, 2.24) is 10.2 Å². The molecule has 1 fully saturated rings. The van der Waals surface area contributed by atoms with Gasteiger partial charge in [-0.2, -0.15) is 0 Å². The summed E-state index contributed by atoms with van der Waals surface area (Å²) in [5.74, 6) is 1.30. The molecule has 0 aliphatic carbocycles. The van der Waals surface area contributed by atoms with E-state index in [2.05, 4.69) is 24.2 Å². The van der Waals surface area contributed by atoms with Crippen LogP contribution in [0.1, 0.15) is 39.5 Å². The van der Waals surface area contributed by atoms with Gasteiger partial charge in [-0.1, -0.05) is 13.8 Å². The molecule has 112 valence electrons. The standard InChI is InChI=1S/C13H26N4O.HI/c1-11(2)5-7-15-13(14)16-8-6-12(18)17-9-3-4-10-17;/h11H,3-10H2,1-2H3,(H3,14,15,16);1H. The van der Waals surface area contributed by atoms with Gasteiger partial charge in [-0.05, 0) is 25.2 Å². The van der Waals surface area contributed by atoms with Crippen molar-refractivity contribution in [3.63, 3.8) is 0 Å². The first-order valence-corrected chi connectivity index (χ1v) is 6.91. The summed E-state index contributed by atoms with van der Waals surface area (Å²) in [5, 5.41) is 2.99. The molecule has 1 aliphatic heterocycles.